The van der Waals surface area contributed by atoms with Crippen LogP contribution in [0.15, 0.2) is 6.07 Å². The predicted octanol–water partition coefficient (Wildman–Crippen LogP) is 1.50. The highest BCUT2D eigenvalue weighted by Crippen LogP contribution is 2.17. The maximum Gasteiger partial charge on any atom is 0.218 e. The van der Waals surface area contributed by atoms with Gasteiger partial charge in [-0.3, -0.25) is 0 Å². The molecule has 17 heavy (non-hydrogen) atoms. The van der Waals surface area contributed by atoms with E-state index < -0.39 is 0 Å². The maximum absolute atomic E-state index is 5.70. The van der Waals surface area contributed by atoms with Crippen LogP contribution in [-0.4, -0.2) is 36.8 Å². The number of hydrogen-bond acceptors (Lipinski definition) is 5. The van der Waals surface area contributed by atoms with Gasteiger partial charge in [0.05, 0.1) is 13.2 Å². The van der Waals surface area contributed by atoms with E-state index in [0.717, 1.165) is 37.7 Å². The zero-order valence-corrected chi connectivity index (χ0v) is 10.4. The standard InChI is InChI=1S/C12H19N3O2/c1-3-10-14-11(13-2)6-12(15-10)17-8-9-4-5-16-7-9/h6,9H,3-5,7-8H2,1-2H3,(H,13,14,15). The average Bonchev–Trinajstić information content (AvgIpc) is 2.89. The van der Waals surface area contributed by atoms with Crippen LogP contribution < -0.4 is 10.1 Å². The van der Waals surface area contributed by atoms with Gasteiger partial charge in [0.2, 0.25) is 5.88 Å². The summed E-state index contributed by atoms with van der Waals surface area (Å²) in [4.78, 5) is 8.67. The quantitative estimate of drug-likeness (QED) is 0.841. The molecule has 1 aliphatic heterocycles. The van der Waals surface area contributed by atoms with E-state index in [-0.39, 0.29) is 0 Å². The molecule has 0 amide bonds. The average molecular weight is 237 g/mol. The number of aryl methyl sites for hydroxylation is 1. The highest BCUT2D eigenvalue weighted by Gasteiger charge is 2.16. The van der Waals surface area contributed by atoms with Gasteiger partial charge in [0.15, 0.2) is 0 Å². The molecule has 0 aromatic carbocycles. The Kier molecular flexibility index (Phi) is 4.14. The van der Waals surface area contributed by atoms with Gasteiger partial charge in [-0.25, -0.2) is 4.98 Å². The third kappa shape index (κ3) is 3.30. The van der Waals surface area contributed by atoms with Crippen molar-refractivity contribution in [3.63, 3.8) is 0 Å². The van der Waals surface area contributed by atoms with Crippen molar-refractivity contribution in [3.05, 3.63) is 11.9 Å². The van der Waals surface area contributed by atoms with Crippen molar-refractivity contribution in [2.24, 2.45) is 5.92 Å². The van der Waals surface area contributed by atoms with Crippen molar-refractivity contribution in [1.82, 2.24) is 9.97 Å². The monoisotopic (exact) mass is 237 g/mol. The summed E-state index contributed by atoms with van der Waals surface area (Å²) in [6, 6.07) is 1.83. The number of aromatic nitrogens is 2. The molecule has 1 unspecified atom stereocenters. The topological polar surface area (TPSA) is 56.3 Å². The Morgan fingerprint density at radius 3 is 3.06 bits per heavy atom. The summed E-state index contributed by atoms with van der Waals surface area (Å²) in [5, 5.41) is 3.01. The SMILES string of the molecule is CCc1nc(NC)cc(OCC2CCOC2)n1. The van der Waals surface area contributed by atoms with Crippen molar-refractivity contribution < 1.29 is 9.47 Å². The minimum Gasteiger partial charge on any atom is -0.477 e. The molecule has 0 bridgehead atoms. The second kappa shape index (κ2) is 5.82. The molecule has 1 aromatic rings. The molecule has 1 saturated heterocycles. The van der Waals surface area contributed by atoms with Crippen LogP contribution in [0.25, 0.3) is 0 Å². The Hall–Kier alpha value is -1.36. The number of anilines is 1. The van der Waals surface area contributed by atoms with E-state index >= 15 is 0 Å². The first-order valence-corrected chi connectivity index (χ1v) is 6.08. The van der Waals surface area contributed by atoms with Crippen LogP contribution in [0.2, 0.25) is 0 Å². The van der Waals surface area contributed by atoms with Crippen LogP contribution >= 0.6 is 0 Å². The lowest BCUT2D eigenvalue weighted by Crippen LogP contribution is -2.13. The van der Waals surface area contributed by atoms with Gasteiger partial charge in [-0.15, -0.1) is 0 Å². The second-order valence-electron chi connectivity index (χ2n) is 4.15. The highest BCUT2D eigenvalue weighted by molar-refractivity contribution is 5.37. The van der Waals surface area contributed by atoms with Crippen molar-refractivity contribution in [1.29, 1.82) is 0 Å². The van der Waals surface area contributed by atoms with Gasteiger partial charge in [0, 0.05) is 32.1 Å². The van der Waals surface area contributed by atoms with Gasteiger partial charge in [-0.2, -0.15) is 4.98 Å². The molecule has 2 rings (SSSR count). The van der Waals surface area contributed by atoms with E-state index in [1.807, 2.05) is 20.0 Å². The van der Waals surface area contributed by atoms with Crippen molar-refractivity contribution in [2.75, 3.05) is 32.2 Å². The van der Waals surface area contributed by atoms with Gasteiger partial charge in [-0.1, -0.05) is 6.92 Å². The molecule has 0 saturated carbocycles. The van der Waals surface area contributed by atoms with Crippen LogP contribution in [0.3, 0.4) is 0 Å². The molecule has 5 heteroatoms. The van der Waals surface area contributed by atoms with Crippen LogP contribution in [-0.2, 0) is 11.2 Å². The Morgan fingerprint density at radius 1 is 1.53 bits per heavy atom. The first-order chi connectivity index (χ1) is 8.31. The first kappa shape index (κ1) is 12.1. The molecule has 1 atom stereocenters. The Bertz CT molecular complexity index is 343. The summed E-state index contributed by atoms with van der Waals surface area (Å²) in [5.74, 6) is 2.74. The fourth-order valence-corrected chi connectivity index (χ4v) is 1.75. The molecular weight excluding hydrogens is 218 g/mol. The largest absolute Gasteiger partial charge is 0.477 e. The third-order valence-electron chi connectivity index (χ3n) is 2.81. The predicted molar refractivity (Wildman–Crippen MR) is 65.4 cm³/mol. The lowest BCUT2D eigenvalue weighted by atomic mass is 10.1. The summed E-state index contributed by atoms with van der Waals surface area (Å²) < 4.78 is 11.0. The number of ether oxygens (including phenoxy) is 2. The van der Waals surface area contributed by atoms with Crippen molar-refractivity contribution in [2.45, 2.75) is 19.8 Å². The van der Waals surface area contributed by atoms with E-state index in [0.29, 0.717) is 18.4 Å². The molecule has 0 spiro atoms. The number of nitrogens with one attached hydrogen (secondary N) is 1. The minimum atomic E-state index is 0.494. The van der Waals surface area contributed by atoms with E-state index in [1.165, 1.54) is 0 Å². The molecule has 1 N–H and O–H groups in total. The van der Waals surface area contributed by atoms with Gasteiger partial charge >= 0.3 is 0 Å². The summed E-state index contributed by atoms with van der Waals surface area (Å²) in [5.41, 5.74) is 0. The number of hydrogen-bond donors (Lipinski definition) is 1. The normalized spacial score (nSPS) is 19.3. The van der Waals surface area contributed by atoms with E-state index in [2.05, 4.69) is 15.3 Å². The third-order valence-corrected chi connectivity index (χ3v) is 2.81. The molecule has 5 nitrogen and oxygen atoms in total. The van der Waals surface area contributed by atoms with E-state index in [1.54, 1.807) is 0 Å². The molecule has 0 radical (unpaired) electrons. The highest BCUT2D eigenvalue weighted by atomic mass is 16.5. The molecular formula is C12H19N3O2. The van der Waals surface area contributed by atoms with Crippen molar-refractivity contribution >= 4 is 5.82 Å². The molecule has 1 aromatic heterocycles. The van der Waals surface area contributed by atoms with Crippen molar-refractivity contribution in [3.8, 4) is 5.88 Å². The summed E-state index contributed by atoms with van der Waals surface area (Å²) in [6.07, 6.45) is 1.88. The molecule has 2 heterocycles. The summed E-state index contributed by atoms with van der Waals surface area (Å²) >= 11 is 0. The second-order valence-corrected chi connectivity index (χ2v) is 4.15. The fraction of sp³-hybridized carbons (Fsp3) is 0.667. The maximum atomic E-state index is 5.70. The lowest BCUT2D eigenvalue weighted by molar-refractivity contribution is 0.165. The van der Waals surface area contributed by atoms with Crippen LogP contribution in [0.1, 0.15) is 19.2 Å². The fourth-order valence-electron chi connectivity index (χ4n) is 1.75. The minimum absolute atomic E-state index is 0.494. The zero-order chi connectivity index (χ0) is 12.1. The number of nitrogens with zero attached hydrogens (tertiary/aromatic N) is 2. The molecule has 94 valence electrons. The zero-order valence-electron chi connectivity index (χ0n) is 10.4. The van der Waals surface area contributed by atoms with E-state index in [4.69, 9.17) is 9.47 Å². The Morgan fingerprint density at radius 2 is 2.41 bits per heavy atom. The lowest BCUT2D eigenvalue weighted by Gasteiger charge is -2.11. The van der Waals surface area contributed by atoms with Crippen LogP contribution in [0, 0.1) is 5.92 Å². The van der Waals surface area contributed by atoms with Crippen LogP contribution in [0.4, 0.5) is 5.82 Å². The molecule has 0 aliphatic carbocycles. The summed E-state index contributed by atoms with van der Waals surface area (Å²) in [7, 11) is 1.84. The van der Waals surface area contributed by atoms with Gasteiger partial charge in [0.25, 0.3) is 0 Å². The van der Waals surface area contributed by atoms with Gasteiger partial charge in [-0.05, 0) is 6.42 Å². The smallest absolute Gasteiger partial charge is 0.218 e. The summed E-state index contributed by atoms with van der Waals surface area (Å²) in [6.45, 7) is 4.34. The van der Waals surface area contributed by atoms with Crippen LogP contribution in [0.5, 0.6) is 5.88 Å². The van der Waals surface area contributed by atoms with Gasteiger partial charge in [0.1, 0.15) is 11.6 Å². The Labute approximate surface area is 102 Å². The number of rotatable bonds is 5. The molecule has 1 fully saturated rings. The van der Waals surface area contributed by atoms with Gasteiger partial charge < -0.3 is 14.8 Å². The van der Waals surface area contributed by atoms with E-state index in [9.17, 15) is 0 Å². The molecule has 1 aliphatic rings. The Balaban J connectivity index is 1.98. The first-order valence-electron chi connectivity index (χ1n) is 6.08.